The second-order valence-electron chi connectivity index (χ2n) is 10.7. The van der Waals surface area contributed by atoms with E-state index >= 15 is 0 Å². The molecule has 6 nitrogen and oxygen atoms in total. The fraction of sp³-hybridized carbons (Fsp3) is 0.0769. The molecule has 0 bridgehead atoms. The molecule has 0 fully saturated rings. The maximum absolute atomic E-state index is 14.8. The number of phenols is 2. The van der Waals surface area contributed by atoms with Crippen molar-refractivity contribution in [2.75, 3.05) is 31.2 Å². The van der Waals surface area contributed by atoms with Crippen LogP contribution in [0.2, 0.25) is 0 Å². The lowest BCUT2D eigenvalue weighted by molar-refractivity contribution is 0.412. The van der Waals surface area contributed by atoms with Gasteiger partial charge in [0.15, 0.2) is 23.3 Å². The lowest BCUT2D eigenvalue weighted by Crippen LogP contribution is -2.15. The second-order valence-corrected chi connectivity index (χ2v) is 18.9. The molecule has 0 spiro atoms. The summed E-state index contributed by atoms with van der Waals surface area (Å²) in [5.41, 5.74) is 0.626. The Morgan fingerprint density at radius 1 is 0.536 bits per heavy atom. The third-order valence-electron chi connectivity index (χ3n) is 7.31. The second kappa shape index (κ2) is 22.8. The van der Waals surface area contributed by atoms with E-state index in [1.54, 1.807) is 72.8 Å². The average molecular weight is 1100 g/mol. The molecule has 0 radical (unpaired) electrons. The predicted molar refractivity (Wildman–Crippen MR) is 233 cm³/mol. The average Bonchev–Trinajstić information content (AvgIpc) is 3.16. The van der Waals surface area contributed by atoms with Crippen LogP contribution in [-0.4, -0.2) is 34.8 Å². The standard InChI is InChI=1S/C20H16BrF2NO2.C18H12BrF2NO2.CH3F.BBr3/c1-25-18-9-5-3-7-16(18)24(17-8-4-6-10-19(17)26-2)20-14(22)11-13(21)12-15(20)23;19-11-9-12(20)18(13(21)10-11)22(14-5-1-3-7-16(14)23)15-6-2-4-8-17(15)24;1-2;2-1(3)4/h3-12H,1-2H3;1-10,23-24H;1H3;/i;;1D;. The Balaban J connectivity index is 0.000000263. The summed E-state index contributed by atoms with van der Waals surface area (Å²) in [4.78, 5) is 2.59. The fourth-order valence-electron chi connectivity index (χ4n) is 5.17. The van der Waals surface area contributed by atoms with Crippen LogP contribution < -0.4 is 19.3 Å². The van der Waals surface area contributed by atoms with Gasteiger partial charge in [-0.15, -0.1) is 47.3 Å². The van der Waals surface area contributed by atoms with Gasteiger partial charge in [-0.1, -0.05) is 80.4 Å². The molecule has 6 aromatic rings. The monoisotopic (exact) mass is 1090 g/mol. The highest BCUT2D eigenvalue weighted by molar-refractivity contribution is 9.69. The quantitative estimate of drug-likeness (QED) is 0.117. The van der Waals surface area contributed by atoms with Crippen molar-refractivity contribution in [2.24, 2.45) is 0 Å². The van der Waals surface area contributed by atoms with Crippen LogP contribution in [-0.2, 0) is 0 Å². The highest BCUT2D eigenvalue weighted by Gasteiger charge is 2.27. The molecule has 0 saturated heterocycles. The van der Waals surface area contributed by atoms with E-state index in [0.717, 1.165) is 17.0 Å². The van der Waals surface area contributed by atoms with Crippen LogP contribution in [0.5, 0.6) is 23.0 Å². The van der Waals surface area contributed by atoms with Crippen molar-refractivity contribution < 1.29 is 43.0 Å². The first kappa shape index (κ1) is 44.9. The number of anilines is 6. The molecule has 2 N–H and O–H groups in total. The SMILES string of the molecule is BrB(Br)Br.COc1ccccc1N(c1ccccc1OC)c1c(F)cc(Br)cc1F.Oc1ccccc1N(c1ccccc1O)c1c(F)cc(Br)cc1F.[2H]CF. The van der Waals surface area contributed by atoms with Crippen molar-refractivity contribution in [3.8, 4) is 23.0 Å². The molecule has 0 atom stereocenters. The molecule has 56 heavy (non-hydrogen) atoms. The highest BCUT2D eigenvalue weighted by Crippen LogP contribution is 2.47. The fourth-order valence-corrected chi connectivity index (χ4v) is 5.98. The van der Waals surface area contributed by atoms with E-state index in [4.69, 9.17) is 10.8 Å². The summed E-state index contributed by atoms with van der Waals surface area (Å²) in [6.07, 6.45) is 0. The number of nitrogens with zero attached hydrogens (tertiary/aromatic N) is 2. The smallest absolute Gasteiger partial charge is 0.369 e. The van der Waals surface area contributed by atoms with Gasteiger partial charge in [0.05, 0.1) is 45.5 Å². The van der Waals surface area contributed by atoms with Gasteiger partial charge in [0.2, 0.25) is 0 Å². The number of rotatable bonds is 8. The first-order valence-corrected chi connectivity index (χ1v) is 20.0. The number of hydrogen-bond acceptors (Lipinski definition) is 6. The molecule has 0 unspecified atom stereocenters. The van der Waals surface area contributed by atoms with Gasteiger partial charge in [-0.3, -0.25) is 14.2 Å². The maximum atomic E-state index is 14.8. The number of para-hydroxylation sites is 8. The van der Waals surface area contributed by atoms with Gasteiger partial charge in [-0.25, -0.2) is 17.6 Å². The topological polar surface area (TPSA) is 65.4 Å². The van der Waals surface area contributed by atoms with Gasteiger partial charge in [-0.2, -0.15) is 0 Å². The van der Waals surface area contributed by atoms with Crippen LogP contribution in [0.3, 0.4) is 0 Å². The summed E-state index contributed by atoms with van der Waals surface area (Å²) in [6.45, 7) is 0. The normalized spacial score (nSPS) is 10.2. The van der Waals surface area contributed by atoms with E-state index in [2.05, 4.69) is 79.1 Å². The Morgan fingerprint density at radius 3 is 1.07 bits per heavy atom. The minimum atomic E-state index is -1.00. The molecular formula is C39H31BBr5F5N2O4. The Labute approximate surface area is 364 Å². The van der Waals surface area contributed by atoms with Crippen LogP contribution in [0.4, 0.5) is 56.1 Å². The van der Waals surface area contributed by atoms with E-state index in [9.17, 15) is 32.2 Å². The lowest BCUT2D eigenvalue weighted by Gasteiger charge is -2.28. The van der Waals surface area contributed by atoms with Crippen molar-refractivity contribution >= 4 is 116 Å². The molecule has 0 aliphatic heterocycles. The molecule has 0 aromatic heterocycles. The minimum absolute atomic E-state index is 0.138. The third-order valence-corrected chi connectivity index (χ3v) is 8.22. The van der Waals surface area contributed by atoms with E-state index in [1.165, 1.54) is 55.5 Å². The Hall–Kier alpha value is -3.77. The largest absolute Gasteiger partial charge is 0.506 e. The minimum Gasteiger partial charge on any atom is -0.506 e. The lowest BCUT2D eigenvalue weighted by atomic mass is 10.1. The number of methoxy groups -OCH3 is 2. The molecule has 294 valence electrons. The molecule has 0 saturated carbocycles. The van der Waals surface area contributed by atoms with Crippen molar-refractivity contribution in [1.82, 2.24) is 0 Å². The first-order valence-electron chi connectivity index (χ1n) is 16.4. The van der Waals surface area contributed by atoms with Crippen LogP contribution >= 0.6 is 79.1 Å². The molecule has 0 heterocycles. The molecular weight excluding hydrogens is 1070 g/mol. The van der Waals surface area contributed by atoms with Crippen LogP contribution in [0.25, 0.3) is 0 Å². The maximum Gasteiger partial charge on any atom is 0.369 e. The third kappa shape index (κ3) is 12.1. The molecule has 0 aliphatic rings. The number of aromatic hydroxyl groups is 2. The molecule has 6 rings (SSSR count). The Morgan fingerprint density at radius 2 is 0.786 bits per heavy atom. The van der Waals surface area contributed by atoms with Gasteiger partial charge in [-0.05, 0) is 72.8 Å². The Bertz CT molecular complexity index is 2090. The van der Waals surface area contributed by atoms with Crippen molar-refractivity contribution in [3.05, 3.63) is 154 Å². The van der Waals surface area contributed by atoms with Gasteiger partial charge in [0.25, 0.3) is 0 Å². The van der Waals surface area contributed by atoms with Crippen molar-refractivity contribution in [3.63, 3.8) is 0 Å². The van der Waals surface area contributed by atoms with Crippen LogP contribution in [0.15, 0.2) is 130 Å². The summed E-state index contributed by atoms with van der Waals surface area (Å²) < 4.78 is 85.8. The number of hydrogen-bond donors (Lipinski definition) is 2. The van der Waals surface area contributed by atoms with Gasteiger partial charge in [0.1, 0.15) is 34.4 Å². The van der Waals surface area contributed by atoms with Crippen LogP contribution in [0, 0.1) is 23.3 Å². The summed E-state index contributed by atoms with van der Waals surface area (Å²) in [5.74, 6) is -2.52. The van der Waals surface area contributed by atoms with E-state index in [1.807, 2.05) is 0 Å². The Kier molecular flexibility index (Phi) is 18.3. The van der Waals surface area contributed by atoms with Gasteiger partial charge in [0, 0.05) is 8.95 Å². The van der Waals surface area contributed by atoms with Crippen molar-refractivity contribution in [2.45, 2.75) is 0 Å². The zero-order chi connectivity index (χ0) is 42.2. The molecule has 17 heteroatoms. The number of halogens is 10. The number of ether oxygens (including phenoxy) is 2. The molecule has 0 aliphatic carbocycles. The number of benzene rings is 6. The van der Waals surface area contributed by atoms with E-state index in [0.29, 0.717) is 27.3 Å². The zero-order valence-electron chi connectivity index (χ0n) is 30.2. The van der Waals surface area contributed by atoms with Crippen molar-refractivity contribution in [1.29, 1.82) is 0 Å². The summed E-state index contributed by atoms with van der Waals surface area (Å²) in [7, 11) is 2.01. The van der Waals surface area contributed by atoms with E-state index < -0.39 is 36.1 Å². The summed E-state index contributed by atoms with van der Waals surface area (Å²) in [6, 6.07) is 30.9. The van der Waals surface area contributed by atoms with Gasteiger partial charge < -0.3 is 19.7 Å². The van der Waals surface area contributed by atoms with Crippen LogP contribution in [0.1, 0.15) is 1.37 Å². The molecule has 6 aromatic carbocycles. The first-order chi connectivity index (χ1) is 27.2. The molecule has 0 amide bonds. The van der Waals surface area contributed by atoms with Gasteiger partial charge >= 0.3 is 3.18 Å². The predicted octanol–water partition coefficient (Wildman–Crippen LogP) is 14.6. The van der Waals surface area contributed by atoms with E-state index in [-0.39, 0.29) is 36.2 Å². The summed E-state index contributed by atoms with van der Waals surface area (Å²) >= 11 is 15.5. The zero-order valence-corrected chi connectivity index (χ0v) is 37.1. The number of alkyl halides is 1. The number of phenolic OH excluding ortho intramolecular Hbond substituents is 2. The highest BCUT2D eigenvalue weighted by atomic mass is 79.9. The summed E-state index contributed by atoms with van der Waals surface area (Å²) in [5, 5.41) is 20.3.